The van der Waals surface area contributed by atoms with E-state index in [0.717, 1.165) is 16.6 Å². The van der Waals surface area contributed by atoms with Crippen LogP contribution in [0.5, 0.6) is 0 Å². The molecule has 0 spiro atoms. The first-order chi connectivity index (χ1) is 12.6. The Bertz CT molecular complexity index is 903. The largest absolute Gasteiger partial charge is 0.323 e. The number of halogens is 1. The molecule has 0 saturated heterocycles. The van der Waals surface area contributed by atoms with Gasteiger partial charge in [0, 0.05) is 17.2 Å². The van der Waals surface area contributed by atoms with Gasteiger partial charge in [0.1, 0.15) is 5.82 Å². The molecular weight excluding hydrogens is 373 g/mol. The SMILES string of the molecule is N#CC1=C(SCC(=O)Nc2ccccc2F)NC(=O)C[C@@H]1c1cccs1. The Balaban J connectivity index is 1.72. The number of para-hydroxylation sites is 1. The summed E-state index contributed by atoms with van der Waals surface area (Å²) in [7, 11) is 0. The number of carbonyl (C=O) groups is 2. The number of allylic oxidation sites excluding steroid dienone is 1. The van der Waals surface area contributed by atoms with Crippen LogP contribution < -0.4 is 10.6 Å². The summed E-state index contributed by atoms with van der Waals surface area (Å²) in [4.78, 5) is 25.0. The second-order valence-electron chi connectivity index (χ2n) is 5.49. The van der Waals surface area contributed by atoms with E-state index in [9.17, 15) is 19.2 Å². The number of hydrogen-bond donors (Lipinski definition) is 2. The number of nitrogens with zero attached hydrogens (tertiary/aromatic N) is 1. The molecule has 2 heterocycles. The summed E-state index contributed by atoms with van der Waals surface area (Å²) < 4.78 is 13.6. The molecule has 132 valence electrons. The monoisotopic (exact) mass is 387 g/mol. The first-order valence-corrected chi connectivity index (χ1v) is 9.59. The van der Waals surface area contributed by atoms with Gasteiger partial charge in [-0.15, -0.1) is 11.3 Å². The van der Waals surface area contributed by atoms with Crippen molar-refractivity contribution in [2.24, 2.45) is 0 Å². The fourth-order valence-corrected chi connectivity index (χ4v) is 4.27. The van der Waals surface area contributed by atoms with E-state index in [4.69, 9.17) is 0 Å². The lowest BCUT2D eigenvalue weighted by atomic mass is 9.93. The number of carbonyl (C=O) groups excluding carboxylic acids is 2. The third-order valence-electron chi connectivity index (χ3n) is 3.74. The summed E-state index contributed by atoms with van der Waals surface area (Å²) in [6, 6.07) is 11.8. The first kappa shape index (κ1) is 18.2. The lowest BCUT2D eigenvalue weighted by Crippen LogP contribution is -2.31. The number of benzene rings is 1. The van der Waals surface area contributed by atoms with Gasteiger partial charge in [0.2, 0.25) is 11.8 Å². The van der Waals surface area contributed by atoms with Gasteiger partial charge < -0.3 is 10.6 Å². The van der Waals surface area contributed by atoms with Crippen molar-refractivity contribution < 1.29 is 14.0 Å². The Hall–Kier alpha value is -2.63. The summed E-state index contributed by atoms with van der Waals surface area (Å²) in [5, 5.41) is 17.0. The van der Waals surface area contributed by atoms with Crippen molar-refractivity contribution in [2.75, 3.05) is 11.1 Å². The summed E-state index contributed by atoms with van der Waals surface area (Å²) in [5.41, 5.74) is 0.535. The van der Waals surface area contributed by atoms with Crippen LogP contribution in [0.1, 0.15) is 17.2 Å². The van der Waals surface area contributed by atoms with Crippen molar-refractivity contribution >= 4 is 40.6 Å². The highest BCUT2D eigenvalue weighted by Gasteiger charge is 2.30. The molecule has 1 aromatic carbocycles. The second-order valence-corrected chi connectivity index (χ2v) is 7.46. The van der Waals surface area contributed by atoms with Crippen LogP contribution in [0.15, 0.2) is 52.4 Å². The number of thiophene rings is 1. The number of anilines is 1. The van der Waals surface area contributed by atoms with Gasteiger partial charge in [-0.05, 0) is 23.6 Å². The van der Waals surface area contributed by atoms with E-state index in [1.165, 1.54) is 29.5 Å². The first-order valence-electron chi connectivity index (χ1n) is 7.73. The molecule has 26 heavy (non-hydrogen) atoms. The lowest BCUT2D eigenvalue weighted by molar-refractivity contribution is -0.121. The Kier molecular flexibility index (Phi) is 5.71. The number of rotatable bonds is 5. The molecule has 0 bridgehead atoms. The zero-order valence-electron chi connectivity index (χ0n) is 13.5. The maximum Gasteiger partial charge on any atom is 0.234 e. The van der Waals surface area contributed by atoms with E-state index >= 15 is 0 Å². The molecule has 5 nitrogen and oxygen atoms in total. The number of hydrogen-bond acceptors (Lipinski definition) is 5. The summed E-state index contributed by atoms with van der Waals surface area (Å²) in [6.07, 6.45) is 0.203. The Morgan fingerprint density at radius 2 is 2.19 bits per heavy atom. The van der Waals surface area contributed by atoms with E-state index in [2.05, 4.69) is 16.7 Å². The predicted molar refractivity (Wildman–Crippen MR) is 99.9 cm³/mol. The fourth-order valence-electron chi connectivity index (χ4n) is 2.55. The number of thioether (sulfide) groups is 1. The van der Waals surface area contributed by atoms with Gasteiger partial charge in [0.15, 0.2) is 0 Å². The molecule has 2 amide bonds. The lowest BCUT2D eigenvalue weighted by Gasteiger charge is -2.23. The molecule has 3 rings (SSSR count). The van der Waals surface area contributed by atoms with Crippen LogP contribution in [-0.2, 0) is 9.59 Å². The van der Waals surface area contributed by atoms with Crippen molar-refractivity contribution in [3.63, 3.8) is 0 Å². The second kappa shape index (κ2) is 8.17. The quantitative estimate of drug-likeness (QED) is 0.821. The van der Waals surface area contributed by atoms with E-state index in [-0.39, 0.29) is 29.7 Å². The number of nitriles is 1. The Labute approximate surface area is 157 Å². The van der Waals surface area contributed by atoms with Crippen molar-refractivity contribution in [1.29, 1.82) is 5.26 Å². The van der Waals surface area contributed by atoms with Gasteiger partial charge in [-0.25, -0.2) is 4.39 Å². The van der Waals surface area contributed by atoms with Crippen LogP contribution in [0.3, 0.4) is 0 Å². The summed E-state index contributed by atoms with van der Waals surface area (Å²) >= 11 is 2.55. The standard InChI is InChI=1S/C18H14FN3O2S2/c19-13-4-1-2-5-14(13)21-17(24)10-26-18-12(9-20)11(8-16(23)22-18)15-6-3-7-25-15/h1-7,11H,8,10H2,(H,21,24)(H,22,23)/t11-/m0/s1. The molecule has 1 aliphatic heterocycles. The van der Waals surface area contributed by atoms with E-state index < -0.39 is 11.7 Å². The van der Waals surface area contributed by atoms with Crippen LogP contribution in [0.25, 0.3) is 0 Å². The van der Waals surface area contributed by atoms with E-state index in [1.54, 1.807) is 6.07 Å². The fraction of sp³-hybridized carbons (Fsp3) is 0.167. The summed E-state index contributed by atoms with van der Waals surface area (Å²) in [5.74, 6) is -1.49. The molecule has 0 saturated carbocycles. The zero-order chi connectivity index (χ0) is 18.5. The zero-order valence-corrected chi connectivity index (χ0v) is 15.1. The van der Waals surface area contributed by atoms with Crippen molar-refractivity contribution in [1.82, 2.24) is 5.32 Å². The molecule has 0 radical (unpaired) electrons. The Morgan fingerprint density at radius 3 is 2.88 bits per heavy atom. The minimum Gasteiger partial charge on any atom is -0.323 e. The van der Waals surface area contributed by atoms with Crippen LogP contribution in [0, 0.1) is 17.1 Å². The number of nitrogens with one attached hydrogen (secondary N) is 2. The third kappa shape index (κ3) is 4.12. The average Bonchev–Trinajstić information content (AvgIpc) is 3.16. The van der Waals surface area contributed by atoms with Crippen LogP contribution in [-0.4, -0.2) is 17.6 Å². The molecule has 0 fully saturated rings. The van der Waals surface area contributed by atoms with Gasteiger partial charge in [-0.3, -0.25) is 9.59 Å². The van der Waals surface area contributed by atoms with Crippen molar-refractivity contribution in [2.45, 2.75) is 12.3 Å². The highest BCUT2D eigenvalue weighted by Crippen LogP contribution is 2.37. The van der Waals surface area contributed by atoms with Crippen LogP contribution >= 0.6 is 23.1 Å². The molecule has 8 heteroatoms. The predicted octanol–water partition coefficient (Wildman–Crippen LogP) is 3.60. The topological polar surface area (TPSA) is 82.0 Å². The minimum atomic E-state index is -0.522. The Morgan fingerprint density at radius 1 is 1.38 bits per heavy atom. The van der Waals surface area contributed by atoms with Crippen LogP contribution in [0.4, 0.5) is 10.1 Å². The van der Waals surface area contributed by atoms with Crippen molar-refractivity contribution in [3.8, 4) is 6.07 Å². The van der Waals surface area contributed by atoms with Gasteiger partial charge in [-0.2, -0.15) is 5.26 Å². The van der Waals surface area contributed by atoms with E-state index in [0.29, 0.717) is 10.6 Å². The van der Waals surface area contributed by atoms with Gasteiger partial charge >= 0.3 is 0 Å². The van der Waals surface area contributed by atoms with E-state index in [1.807, 2.05) is 17.5 Å². The summed E-state index contributed by atoms with van der Waals surface area (Å²) in [6.45, 7) is 0. The normalized spacial score (nSPS) is 16.8. The molecular formula is C18H14FN3O2S2. The molecule has 1 aromatic heterocycles. The molecule has 0 unspecified atom stereocenters. The smallest absolute Gasteiger partial charge is 0.234 e. The van der Waals surface area contributed by atoms with Gasteiger partial charge in [-0.1, -0.05) is 30.0 Å². The third-order valence-corrected chi connectivity index (χ3v) is 5.74. The van der Waals surface area contributed by atoms with Gasteiger partial charge in [0.05, 0.1) is 28.1 Å². The highest BCUT2D eigenvalue weighted by atomic mass is 32.2. The molecule has 2 aromatic rings. The van der Waals surface area contributed by atoms with Crippen LogP contribution in [0.2, 0.25) is 0 Å². The minimum absolute atomic E-state index is 0.0493. The molecule has 1 atom stereocenters. The average molecular weight is 387 g/mol. The molecule has 0 aliphatic carbocycles. The maximum atomic E-state index is 13.6. The maximum absolute atomic E-state index is 13.6. The molecule has 2 N–H and O–H groups in total. The molecule has 1 aliphatic rings. The number of amides is 2. The van der Waals surface area contributed by atoms with Crippen molar-refractivity contribution in [3.05, 3.63) is 63.1 Å². The highest BCUT2D eigenvalue weighted by molar-refractivity contribution is 8.03. The van der Waals surface area contributed by atoms with Gasteiger partial charge in [0.25, 0.3) is 0 Å².